The Bertz CT molecular complexity index is 958. The van der Waals surface area contributed by atoms with Crippen molar-refractivity contribution in [1.82, 2.24) is 10.0 Å². The van der Waals surface area contributed by atoms with Crippen molar-refractivity contribution in [1.29, 1.82) is 0 Å². The zero-order chi connectivity index (χ0) is 21.6. The SMILES string of the molecule is CNS(=O)(=O)c1ccc(NC(=O)C(CC(C)C)NC(=O)c2ccc(Cl)cc2)cc1. The fourth-order valence-electron chi connectivity index (χ4n) is 2.61. The Hall–Kier alpha value is -2.42. The van der Waals surface area contributed by atoms with Gasteiger partial charge in [0.15, 0.2) is 0 Å². The fourth-order valence-corrected chi connectivity index (χ4v) is 3.47. The molecule has 0 aromatic heterocycles. The first-order valence-electron chi connectivity index (χ1n) is 9.03. The molecule has 0 spiro atoms. The van der Waals surface area contributed by atoms with E-state index in [-0.39, 0.29) is 22.6 Å². The maximum Gasteiger partial charge on any atom is 0.251 e. The Kier molecular flexibility index (Phi) is 7.78. The molecule has 156 valence electrons. The number of nitrogens with one attached hydrogen (secondary N) is 3. The Labute approximate surface area is 175 Å². The minimum absolute atomic E-state index is 0.0905. The molecule has 29 heavy (non-hydrogen) atoms. The van der Waals surface area contributed by atoms with E-state index in [1.807, 2.05) is 13.8 Å². The van der Waals surface area contributed by atoms with E-state index in [1.54, 1.807) is 24.3 Å². The lowest BCUT2D eigenvalue weighted by atomic mass is 10.0. The van der Waals surface area contributed by atoms with Crippen LogP contribution >= 0.6 is 11.6 Å². The quantitative estimate of drug-likeness (QED) is 0.590. The predicted molar refractivity (Wildman–Crippen MR) is 113 cm³/mol. The molecule has 1 atom stereocenters. The number of sulfonamides is 1. The van der Waals surface area contributed by atoms with Gasteiger partial charge in [-0.05, 0) is 67.9 Å². The zero-order valence-corrected chi connectivity index (χ0v) is 18.0. The van der Waals surface area contributed by atoms with Crippen LogP contribution in [0.3, 0.4) is 0 Å². The first kappa shape index (κ1) is 22.9. The zero-order valence-electron chi connectivity index (χ0n) is 16.4. The first-order chi connectivity index (χ1) is 13.6. The van der Waals surface area contributed by atoms with Gasteiger partial charge in [-0.2, -0.15) is 0 Å². The van der Waals surface area contributed by atoms with E-state index in [0.29, 0.717) is 22.7 Å². The summed E-state index contributed by atoms with van der Waals surface area (Å²) in [5.74, 6) is -0.595. The molecule has 0 fully saturated rings. The third kappa shape index (κ3) is 6.56. The normalized spacial score (nSPS) is 12.4. The number of halogens is 1. The van der Waals surface area contributed by atoms with Crippen molar-refractivity contribution in [2.24, 2.45) is 5.92 Å². The summed E-state index contributed by atoms with van der Waals surface area (Å²) < 4.78 is 25.8. The van der Waals surface area contributed by atoms with Crippen LogP contribution in [0.4, 0.5) is 5.69 Å². The van der Waals surface area contributed by atoms with E-state index < -0.39 is 16.1 Å². The van der Waals surface area contributed by atoms with Gasteiger partial charge in [-0.15, -0.1) is 0 Å². The average molecular weight is 438 g/mol. The van der Waals surface area contributed by atoms with E-state index in [1.165, 1.54) is 31.3 Å². The standard InChI is InChI=1S/C20H24ClN3O4S/c1-13(2)12-18(24-19(25)14-4-6-15(21)7-5-14)20(26)23-16-8-10-17(11-9-16)29(27,28)22-3/h4-11,13,18,22H,12H2,1-3H3,(H,23,26)(H,24,25). The van der Waals surface area contributed by atoms with Crippen LogP contribution in [0.15, 0.2) is 53.4 Å². The first-order valence-corrected chi connectivity index (χ1v) is 10.9. The number of benzene rings is 2. The van der Waals surface area contributed by atoms with Crippen LogP contribution < -0.4 is 15.4 Å². The van der Waals surface area contributed by atoms with Crippen LogP contribution in [-0.2, 0) is 14.8 Å². The minimum Gasteiger partial charge on any atom is -0.340 e. The van der Waals surface area contributed by atoms with Crippen LogP contribution in [0.25, 0.3) is 0 Å². The molecule has 0 aliphatic rings. The molecule has 2 rings (SSSR count). The number of hydrogen-bond acceptors (Lipinski definition) is 4. The van der Waals surface area contributed by atoms with Gasteiger partial charge in [-0.25, -0.2) is 13.1 Å². The number of carbonyl (C=O) groups is 2. The van der Waals surface area contributed by atoms with Crippen LogP contribution in [0.5, 0.6) is 0 Å². The van der Waals surface area contributed by atoms with Crippen LogP contribution in [0.2, 0.25) is 5.02 Å². The summed E-state index contributed by atoms with van der Waals surface area (Å²) in [6.45, 7) is 3.90. The third-order valence-corrected chi connectivity index (χ3v) is 5.82. The second kappa shape index (κ2) is 9.87. The number of rotatable bonds is 8. The fraction of sp³-hybridized carbons (Fsp3) is 0.300. The van der Waals surface area contributed by atoms with E-state index >= 15 is 0 Å². The van der Waals surface area contributed by atoms with Gasteiger partial charge in [0.2, 0.25) is 15.9 Å². The topological polar surface area (TPSA) is 104 Å². The van der Waals surface area contributed by atoms with Gasteiger partial charge in [-0.3, -0.25) is 9.59 Å². The van der Waals surface area contributed by atoms with Crippen molar-refractivity contribution in [2.75, 3.05) is 12.4 Å². The molecule has 0 radical (unpaired) electrons. The summed E-state index contributed by atoms with van der Waals surface area (Å²) in [6.07, 6.45) is 0.442. The summed E-state index contributed by atoms with van der Waals surface area (Å²) in [4.78, 5) is 25.3. The molecule has 7 nitrogen and oxygen atoms in total. The summed E-state index contributed by atoms with van der Waals surface area (Å²) in [7, 11) is -2.23. The lowest BCUT2D eigenvalue weighted by molar-refractivity contribution is -0.118. The van der Waals surface area contributed by atoms with Crippen LogP contribution in [-0.4, -0.2) is 33.3 Å². The van der Waals surface area contributed by atoms with Gasteiger partial charge in [0.25, 0.3) is 5.91 Å². The summed E-state index contributed by atoms with van der Waals surface area (Å²) in [5.41, 5.74) is 0.831. The van der Waals surface area contributed by atoms with Crippen LogP contribution in [0, 0.1) is 5.92 Å². The van der Waals surface area contributed by atoms with Gasteiger partial charge in [0, 0.05) is 16.3 Å². The average Bonchev–Trinajstić information content (AvgIpc) is 2.68. The maximum absolute atomic E-state index is 12.7. The van der Waals surface area contributed by atoms with Crippen molar-refractivity contribution in [3.63, 3.8) is 0 Å². The number of amides is 2. The Morgan fingerprint density at radius 1 is 1.00 bits per heavy atom. The molecular formula is C20H24ClN3O4S. The molecular weight excluding hydrogens is 414 g/mol. The maximum atomic E-state index is 12.7. The molecule has 0 saturated heterocycles. The van der Waals surface area contributed by atoms with E-state index in [2.05, 4.69) is 15.4 Å². The highest BCUT2D eigenvalue weighted by molar-refractivity contribution is 7.89. The molecule has 2 aromatic rings. The predicted octanol–water partition coefficient (Wildman–Crippen LogP) is 3.03. The summed E-state index contributed by atoms with van der Waals surface area (Å²) in [5, 5.41) is 5.98. The molecule has 3 N–H and O–H groups in total. The molecule has 0 saturated carbocycles. The highest BCUT2D eigenvalue weighted by Crippen LogP contribution is 2.16. The Morgan fingerprint density at radius 3 is 2.10 bits per heavy atom. The number of anilines is 1. The molecule has 1 unspecified atom stereocenters. The third-order valence-electron chi connectivity index (χ3n) is 4.14. The van der Waals surface area contributed by atoms with E-state index in [4.69, 9.17) is 11.6 Å². The molecule has 0 bridgehead atoms. The second-order valence-corrected chi connectivity index (χ2v) is 9.21. The van der Waals surface area contributed by atoms with E-state index in [9.17, 15) is 18.0 Å². The molecule has 0 aliphatic heterocycles. The number of hydrogen-bond donors (Lipinski definition) is 3. The van der Waals surface area contributed by atoms with Crippen molar-refractivity contribution in [3.8, 4) is 0 Å². The Balaban J connectivity index is 2.12. The minimum atomic E-state index is -3.55. The van der Waals surface area contributed by atoms with Crippen molar-refractivity contribution in [3.05, 3.63) is 59.1 Å². The molecule has 0 aliphatic carbocycles. The smallest absolute Gasteiger partial charge is 0.251 e. The Morgan fingerprint density at radius 2 is 1.59 bits per heavy atom. The van der Waals surface area contributed by atoms with Gasteiger partial charge < -0.3 is 10.6 Å². The largest absolute Gasteiger partial charge is 0.340 e. The lowest BCUT2D eigenvalue weighted by Crippen LogP contribution is -2.44. The lowest BCUT2D eigenvalue weighted by Gasteiger charge is -2.20. The molecule has 0 heterocycles. The van der Waals surface area contributed by atoms with Crippen molar-refractivity contribution >= 4 is 39.1 Å². The molecule has 9 heteroatoms. The van der Waals surface area contributed by atoms with Gasteiger partial charge in [-0.1, -0.05) is 25.4 Å². The highest BCUT2D eigenvalue weighted by Gasteiger charge is 2.23. The van der Waals surface area contributed by atoms with Gasteiger partial charge in [0.05, 0.1) is 4.90 Å². The summed E-state index contributed by atoms with van der Waals surface area (Å²) >= 11 is 5.84. The molecule has 2 aromatic carbocycles. The van der Waals surface area contributed by atoms with Crippen molar-refractivity contribution in [2.45, 2.75) is 31.2 Å². The van der Waals surface area contributed by atoms with Crippen LogP contribution in [0.1, 0.15) is 30.6 Å². The van der Waals surface area contributed by atoms with Gasteiger partial charge >= 0.3 is 0 Å². The van der Waals surface area contributed by atoms with Gasteiger partial charge in [0.1, 0.15) is 6.04 Å². The summed E-state index contributed by atoms with van der Waals surface area (Å²) in [6, 6.07) is 11.4. The molecule has 2 amide bonds. The highest BCUT2D eigenvalue weighted by atomic mass is 35.5. The van der Waals surface area contributed by atoms with E-state index in [0.717, 1.165) is 0 Å². The monoisotopic (exact) mass is 437 g/mol. The van der Waals surface area contributed by atoms with Crippen molar-refractivity contribution < 1.29 is 18.0 Å². The second-order valence-electron chi connectivity index (χ2n) is 6.88. The number of carbonyl (C=O) groups excluding carboxylic acids is 2.